The fraction of sp³-hybridized carbons (Fsp3) is 0.200. The van der Waals surface area contributed by atoms with Crippen molar-refractivity contribution in [1.82, 2.24) is 4.98 Å². The van der Waals surface area contributed by atoms with E-state index in [4.69, 9.17) is 11.6 Å². The summed E-state index contributed by atoms with van der Waals surface area (Å²) in [5, 5.41) is 6.77. The van der Waals surface area contributed by atoms with Crippen LogP contribution in [0, 0.1) is 0 Å². The molecule has 1 atom stereocenters. The van der Waals surface area contributed by atoms with E-state index in [-0.39, 0.29) is 11.9 Å². The SMILES string of the molecule is CC(Nc1cc2c(cc1Cl)NC(=O)C2)c1ccncc1. The first-order valence-corrected chi connectivity index (χ1v) is 6.80. The van der Waals surface area contributed by atoms with Crippen molar-refractivity contribution < 1.29 is 4.79 Å². The molecule has 1 unspecified atom stereocenters. The maximum atomic E-state index is 11.4. The molecule has 1 aromatic heterocycles. The number of nitrogens with zero attached hydrogens (tertiary/aromatic N) is 1. The molecular weight excluding hydrogens is 274 g/mol. The zero-order valence-electron chi connectivity index (χ0n) is 11.0. The van der Waals surface area contributed by atoms with Crippen molar-refractivity contribution in [2.75, 3.05) is 10.6 Å². The normalized spacial score (nSPS) is 14.6. The molecule has 0 spiro atoms. The van der Waals surface area contributed by atoms with Crippen LogP contribution in [0.4, 0.5) is 11.4 Å². The van der Waals surface area contributed by atoms with Gasteiger partial charge in [0.15, 0.2) is 0 Å². The number of aromatic nitrogens is 1. The summed E-state index contributed by atoms with van der Waals surface area (Å²) in [5.41, 5.74) is 3.75. The molecule has 2 aromatic rings. The van der Waals surface area contributed by atoms with Crippen molar-refractivity contribution in [3.8, 4) is 0 Å². The predicted molar refractivity (Wildman–Crippen MR) is 80.1 cm³/mol. The van der Waals surface area contributed by atoms with Gasteiger partial charge in [0.1, 0.15) is 0 Å². The summed E-state index contributed by atoms with van der Waals surface area (Å²) in [6.07, 6.45) is 3.94. The second-order valence-corrected chi connectivity index (χ2v) is 5.27. The molecule has 4 nitrogen and oxygen atoms in total. The van der Waals surface area contributed by atoms with Gasteiger partial charge in [0.2, 0.25) is 5.91 Å². The summed E-state index contributed by atoms with van der Waals surface area (Å²) in [5.74, 6) is 0.00963. The van der Waals surface area contributed by atoms with Gasteiger partial charge < -0.3 is 10.6 Å². The predicted octanol–water partition coefficient (Wildman–Crippen LogP) is 3.40. The molecule has 0 fully saturated rings. The number of amides is 1. The summed E-state index contributed by atoms with van der Waals surface area (Å²) < 4.78 is 0. The highest BCUT2D eigenvalue weighted by Crippen LogP contribution is 2.34. The fourth-order valence-corrected chi connectivity index (χ4v) is 2.55. The van der Waals surface area contributed by atoms with Crippen LogP contribution in [0.1, 0.15) is 24.1 Å². The molecule has 1 aromatic carbocycles. The number of nitrogens with one attached hydrogen (secondary N) is 2. The lowest BCUT2D eigenvalue weighted by Crippen LogP contribution is -2.07. The Kier molecular flexibility index (Phi) is 3.32. The van der Waals surface area contributed by atoms with E-state index in [1.807, 2.05) is 18.2 Å². The highest BCUT2D eigenvalue weighted by Gasteiger charge is 2.20. The minimum Gasteiger partial charge on any atom is -0.377 e. The highest BCUT2D eigenvalue weighted by molar-refractivity contribution is 6.33. The molecule has 1 amide bonds. The van der Waals surface area contributed by atoms with Crippen molar-refractivity contribution in [3.05, 3.63) is 52.8 Å². The van der Waals surface area contributed by atoms with Crippen LogP contribution >= 0.6 is 11.6 Å². The fourth-order valence-electron chi connectivity index (χ4n) is 2.33. The molecular formula is C15H14ClN3O. The summed E-state index contributed by atoms with van der Waals surface area (Å²) in [6.45, 7) is 2.06. The largest absolute Gasteiger partial charge is 0.377 e. The molecule has 102 valence electrons. The van der Waals surface area contributed by atoms with Crippen LogP contribution in [0.3, 0.4) is 0 Å². The number of halogens is 1. The van der Waals surface area contributed by atoms with E-state index >= 15 is 0 Å². The van der Waals surface area contributed by atoms with Crippen LogP contribution in [0.2, 0.25) is 5.02 Å². The first-order chi connectivity index (χ1) is 9.63. The molecule has 0 aliphatic carbocycles. The number of fused-ring (bicyclic) bond motifs is 1. The lowest BCUT2D eigenvalue weighted by atomic mass is 10.1. The Balaban J connectivity index is 1.85. The van der Waals surface area contributed by atoms with Gasteiger partial charge in [-0.3, -0.25) is 9.78 Å². The molecule has 0 bridgehead atoms. The Hall–Kier alpha value is -2.07. The average molecular weight is 288 g/mol. The van der Waals surface area contributed by atoms with Crippen LogP contribution < -0.4 is 10.6 Å². The van der Waals surface area contributed by atoms with Crippen LogP contribution in [-0.4, -0.2) is 10.9 Å². The summed E-state index contributed by atoms with van der Waals surface area (Å²) in [4.78, 5) is 15.4. The van der Waals surface area contributed by atoms with E-state index in [1.54, 1.807) is 18.5 Å². The maximum Gasteiger partial charge on any atom is 0.228 e. The van der Waals surface area contributed by atoms with Gasteiger partial charge in [-0.25, -0.2) is 0 Å². The second-order valence-electron chi connectivity index (χ2n) is 4.86. The van der Waals surface area contributed by atoms with Gasteiger partial charge in [-0.15, -0.1) is 0 Å². The zero-order valence-corrected chi connectivity index (χ0v) is 11.7. The molecule has 0 saturated heterocycles. The molecule has 5 heteroatoms. The van der Waals surface area contributed by atoms with Gasteiger partial charge in [-0.05, 0) is 42.3 Å². The second kappa shape index (κ2) is 5.13. The number of carbonyl (C=O) groups excluding carboxylic acids is 1. The van der Waals surface area contributed by atoms with Crippen LogP contribution in [0.5, 0.6) is 0 Å². The summed E-state index contributed by atoms with van der Waals surface area (Å²) in [6, 6.07) is 7.77. The molecule has 1 aliphatic rings. The molecule has 0 radical (unpaired) electrons. The molecule has 3 rings (SSSR count). The van der Waals surface area contributed by atoms with Gasteiger partial charge in [-0.2, -0.15) is 0 Å². The minimum atomic E-state index is 0.00963. The number of benzene rings is 1. The number of pyridine rings is 1. The first-order valence-electron chi connectivity index (χ1n) is 6.42. The van der Waals surface area contributed by atoms with Crippen molar-refractivity contribution in [1.29, 1.82) is 0 Å². The quantitative estimate of drug-likeness (QED) is 0.910. The Morgan fingerprint density at radius 1 is 1.35 bits per heavy atom. The number of rotatable bonds is 3. The van der Waals surface area contributed by atoms with E-state index in [9.17, 15) is 4.79 Å². The number of hydrogen-bond acceptors (Lipinski definition) is 3. The average Bonchev–Trinajstić information content (AvgIpc) is 2.79. The van der Waals surface area contributed by atoms with Crippen LogP contribution in [0.25, 0.3) is 0 Å². The molecule has 20 heavy (non-hydrogen) atoms. The molecule has 0 saturated carbocycles. The van der Waals surface area contributed by atoms with E-state index < -0.39 is 0 Å². The van der Waals surface area contributed by atoms with E-state index in [0.717, 1.165) is 22.5 Å². The lowest BCUT2D eigenvalue weighted by Gasteiger charge is -2.17. The van der Waals surface area contributed by atoms with Gasteiger partial charge in [0.05, 0.1) is 17.1 Å². The van der Waals surface area contributed by atoms with Crippen molar-refractivity contribution >= 4 is 28.9 Å². The Morgan fingerprint density at radius 3 is 2.85 bits per heavy atom. The zero-order chi connectivity index (χ0) is 14.1. The lowest BCUT2D eigenvalue weighted by molar-refractivity contribution is -0.115. The van der Waals surface area contributed by atoms with Gasteiger partial charge >= 0.3 is 0 Å². The summed E-state index contributed by atoms with van der Waals surface area (Å²) in [7, 11) is 0. The third-order valence-corrected chi connectivity index (χ3v) is 3.71. The molecule has 2 heterocycles. The van der Waals surface area contributed by atoms with Crippen molar-refractivity contribution in [2.24, 2.45) is 0 Å². The number of carbonyl (C=O) groups is 1. The third kappa shape index (κ3) is 2.47. The Labute approximate surface area is 122 Å². The van der Waals surface area contributed by atoms with E-state index in [2.05, 4.69) is 22.5 Å². The maximum absolute atomic E-state index is 11.4. The van der Waals surface area contributed by atoms with Gasteiger partial charge in [-0.1, -0.05) is 11.6 Å². The molecule has 2 N–H and O–H groups in total. The molecule has 1 aliphatic heterocycles. The minimum absolute atomic E-state index is 0.00963. The van der Waals surface area contributed by atoms with E-state index in [1.165, 1.54) is 0 Å². The van der Waals surface area contributed by atoms with Gasteiger partial charge in [0, 0.05) is 24.1 Å². The highest BCUT2D eigenvalue weighted by atomic mass is 35.5. The van der Waals surface area contributed by atoms with Crippen molar-refractivity contribution in [3.63, 3.8) is 0 Å². The van der Waals surface area contributed by atoms with Crippen molar-refractivity contribution in [2.45, 2.75) is 19.4 Å². The van der Waals surface area contributed by atoms with Gasteiger partial charge in [0.25, 0.3) is 0 Å². The van der Waals surface area contributed by atoms with E-state index in [0.29, 0.717) is 11.4 Å². The topological polar surface area (TPSA) is 54.0 Å². The first kappa shape index (κ1) is 12.9. The monoisotopic (exact) mass is 287 g/mol. The standard InChI is InChI=1S/C15H14ClN3O/c1-9(10-2-4-17-5-3-10)18-14-6-11-7-15(20)19-13(11)8-12(14)16/h2-6,8-9,18H,7H2,1H3,(H,19,20). The third-order valence-electron chi connectivity index (χ3n) is 3.40. The number of hydrogen-bond donors (Lipinski definition) is 2. The van der Waals surface area contributed by atoms with Crippen LogP contribution in [0.15, 0.2) is 36.7 Å². The summed E-state index contributed by atoms with van der Waals surface area (Å²) >= 11 is 6.26. The smallest absolute Gasteiger partial charge is 0.228 e. The number of anilines is 2. The van der Waals surface area contributed by atoms with Crippen LogP contribution in [-0.2, 0) is 11.2 Å². The Bertz CT molecular complexity index is 658. The Morgan fingerprint density at radius 2 is 2.10 bits per heavy atom.